The number of halogens is 1. The number of likely N-dealkylation sites (tertiary alicyclic amines) is 1. The van der Waals surface area contributed by atoms with Gasteiger partial charge in [-0.1, -0.05) is 37.6 Å². The maximum atomic E-state index is 6.00. The summed E-state index contributed by atoms with van der Waals surface area (Å²) in [7, 11) is 0. The quantitative estimate of drug-likeness (QED) is 0.887. The zero-order chi connectivity index (χ0) is 12.3. The third-order valence-corrected chi connectivity index (χ3v) is 3.37. The van der Waals surface area contributed by atoms with Crippen LogP contribution in [0.3, 0.4) is 0 Å². The Morgan fingerprint density at radius 3 is 3.00 bits per heavy atom. The fourth-order valence-corrected chi connectivity index (χ4v) is 2.69. The maximum Gasteiger partial charge on any atom is 0.0409 e. The van der Waals surface area contributed by atoms with Gasteiger partial charge in [0.05, 0.1) is 0 Å². The third kappa shape index (κ3) is 3.98. The Labute approximate surface area is 109 Å². The minimum Gasteiger partial charge on any atom is -0.310 e. The molecule has 0 amide bonds. The molecule has 0 aliphatic carbocycles. The van der Waals surface area contributed by atoms with Crippen molar-refractivity contribution < 1.29 is 0 Å². The van der Waals surface area contributed by atoms with Crippen LogP contribution >= 0.6 is 11.6 Å². The van der Waals surface area contributed by atoms with Crippen molar-refractivity contribution in [1.82, 2.24) is 10.2 Å². The summed E-state index contributed by atoms with van der Waals surface area (Å²) in [5, 5.41) is 4.43. The smallest absolute Gasteiger partial charge is 0.0409 e. The zero-order valence-corrected chi connectivity index (χ0v) is 11.4. The van der Waals surface area contributed by atoms with Crippen molar-refractivity contribution in [2.45, 2.75) is 38.9 Å². The number of nitrogens with zero attached hydrogens (tertiary/aromatic N) is 1. The predicted molar refractivity (Wildman–Crippen MR) is 73.4 cm³/mol. The number of hydrogen-bond acceptors (Lipinski definition) is 2. The fourth-order valence-electron chi connectivity index (χ4n) is 2.48. The lowest BCUT2D eigenvalue weighted by Gasteiger charge is -2.18. The zero-order valence-electron chi connectivity index (χ0n) is 10.6. The molecule has 17 heavy (non-hydrogen) atoms. The summed E-state index contributed by atoms with van der Waals surface area (Å²) in [6.07, 6.45) is 1.25. The molecule has 0 aromatic heterocycles. The fraction of sp³-hybridized carbons (Fsp3) is 0.571. The molecule has 94 valence electrons. The second-order valence-electron chi connectivity index (χ2n) is 5.17. The first kappa shape index (κ1) is 12.9. The molecule has 0 unspecified atom stereocenters. The van der Waals surface area contributed by atoms with Crippen LogP contribution in [0.5, 0.6) is 0 Å². The van der Waals surface area contributed by atoms with E-state index in [2.05, 4.69) is 36.2 Å². The lowest BCUT2D eigenvalue weighted by molar-refractivity contribution is 0.317. The predicted octanol–water partition coefficient (Wildman–Crippen LogP) is 2.91. The Balaban J connectivity index is 1.85. The van der Waals surface area contributed by atoms with Crippen LogP contribution in [0.2, 0.25) is 5.02 Å². The number of benzene rings is 1. The van der Waals surface area contributed by atoms with Gasteiger partial charge >= 0.3 is 0 Å². The van der Waals surface area contributed by atoms with E-state index in [4.69, 9.17) is 11.6 Å². The van der Waals surface area contributed by atoms with Crippen LogP contribution in [0, 0.1) is 0 Å². The molecule has 0 spiro atoms. The van der Waals surface area contributed by atoms with Crippen molar-refractivity contribution in [2.24, 2.45) is 0 Å². The van der Waals surface area contributed by atoms with Gasteiger partial charge in [0.25, 0.3) is 0 Å². The highest BCUT2D eigenvalue weighted by Gasteiger charge is 2.22. The first-order valence-corrected chi connectivity index (χ1v) is 6.74. The second kappa shape index (κ2) is 5.85. The van der Waals surface area contributed by atoms with Gasteiger partial charge in [0, 0.05) is 36.7 Å². The largest absolute Gasteiger partial charge is 0.310 e. The molecule has 0 radical (unpaired) electrons. The molecule has 2 rings (SSSR count). The van der Waals surface area contributed by atoms with Gasteiger partial charge in [-0.2, -0.15) is 0 Å². The summed E-state index contributed by atoms with van der Waals surface area (Å²) in [6.45, 7) is 7.75. The molecular formula is C14H21ClN2. The van der Waals surface area contributed by atoms with E-state index in [0.29, 0.717) is 12.1 Å². The van der Waals surface area contributed by atoms with Crippen LogP contribution in [-0.2, 0) is 6.54 Å². The molecule has 1 fully saturated rings. The van der Waals surface area contributed by atoms with Crippen molar-refractivity contribution in [3.05, 3.63) is 34.9 Å². The van der Waals surface area contributed by atoms with Crippen molar-refractivity contribution in [3.63, 3.8) is 0 Å². The summed E-state index contributed by atoms with van der Waals surface area (Å²) < 4.78 is 0. The minimum absolute atomic E-state index is 0.575. The molecule has 1 saturated heterocycles. The average Bonchev–Trinajstić information content (AvgIpc) is 2.64. The molecule has 1 aromatic carbocycles. The molecule has 1 heterocycles. The molecular weight excluding hydrogens is 232 g/mol. The summed E-state index contributed by atoms with van der Waals surface area (Å²) >= 11 is 6.00. The van der Waals surface area contributed by atoms with Gasteiger partial charge < -0.3 is 5.32 Å². The number of nitrogens with one attached hydrogen (secondary N) is 1. The average molecular weight is 253 g/mol. The summed E-state index contributed by atoms with van der Waals surface area (Å²) in [6, 6.07) is 9.38. The molecule has 3 heteroatoms. The highest BCUT2D eigenvalue weighted by atomic mass is 35.5. The standard InChI is InChI=1S/C14H21ClN2/c1-11(2)16-14-6-7-17(10-14)9-12-4-3-5-13(15)8-12/h3-5,8,11,14,16H,6-7,9-10H2,1-2H3/t14-/m1/s1. The maximum absolute atomic E-state index is 6.00. The number of hydrogen-bond donors (Lipinski definition) is 1. The molecule has 2 nitrogen and oxygen atoms in total. The van der Waals surface area contributed by atoms with E-state index in [-0.39, 0.29) is 0 Å². The van der Waals surface area contributed by atoms with Crippen molar-refractivity contribution in [2.75, 3.05) is 13.1 Å². The van der Waals surface area contributed by atoms with Gasteiger partial charge in [-0.15, -0.1) is 0 Å². The van der Waals surface area contributed by atoms with Gasteiger partial charge in [0.15, 0.2) is 0 Å². The monoisotopic (exact) mass is 252 g/mol. The van der Waals surface area contributed by atoms with Gasteiger partial charge in [-0.3, -0.25) is 4.90 Å². The molecule has 0 saturated carbocycles. The van der Waals surface area contributed by atoms with Gasteiger partial charge in [0.1, 0.15) is 0 Å². The molecule has 1 aromatic rings. The van der Waals surface area contributed by atoms with Gasteiger partial charge in [-0.25, -0.2) is 0 Å². The first-order chi connectivity index (χ1) is 8.13. The lowest BCUT2D eigenvalue weighted by Crippen LogP contribution is -2.36. The second-order valence-corrected chi connectivity index (χ2v) is 5.61. The highest BCUT2D eigenvalue weighted by Crippen LogP contribution is 2.16. The van der Waals surface area contributed by atoms with Crippen molar-refractivity contribution in [1.29, 1.82) is 0 Å². The van der Waals surface area contributed by atoms with Crippen LogP contribution in [0.1, 0.15) is 25.8 Å². The van der Waals surface area contributed by atoms with E-state index in [9.17, 15) is 0 Å². The van der Waals surface area contributed by atoms with Crippen molar-refractivity contribution >= 4 is 11.6 Å². The normalized spacial score (nSPS) is 21.3. The van der Waals surface area contributed by atoms with Crippen LogP contribution in [-0.4, -0.2) is 30.1 Å². The van der Waals surface area contributed by atoms with Crippen LogP contribution in [0.25, 0.3) is 0 Å². The van der Waals surface area contributed by atoms with Gasteiger partial charge in [0.2, 0.25) is 0 Å². The van der Waals surface area contributed by atoms with E-state index in [1.807, 2.05) is 12.1 Å². The topological polar surface area (TPSA) is 15.3 Å². The molecule has 1 aliphatic heterocycles. The van der Waals surface area contributed by atoms with Crippen LogP contribution in [0.15, 0.2) is 24.3 Å². The number of rotatable bonds is 4. The first-order valence-electron chi connectivity index (χ1n) is 6.36. The Kier molecular flexibility index (Phi) is 4.43. The molecule has 1 atom stereocenters. The SMILES string of the molecule is CC(C)N[C@@H]1CCN(Cc2cccc(Cl)c2)C1. The van der Waals surface area contributed by atoms with Crippen LogP contribution < -0.4 is 5.32 Å². The molecule has 1 N–H and O–H groups in total. The summed E-state index contributed by atoms with van der Waals surface area (Å²) in [5.74, 6) is 0. The van der Waals surface area contributed by atoms with E-state index in [1.54, 1.807) is 0 Å². The van der Waals surface area contributed by atoms with Gasteiger partial charge in [-0.05, 0) is 24.1 Å². The molecule has 0 bridgehead atoms. The van der Waals surface area contributed by atoms with E-state index < -0.39 is 0 Å². The van der Waals surface area contributed by atoms with E-state index in [0.717, 1.165) is 18.1 Å². The minimum atomic E-state index is 0.575. The Morgan fingerprint density at radius 1 is 1.47 bits per heavy atom. The summed E-state index contributed by atoms with van der Waals surface area (Å²) in [5.41, 5.74) is 1.31. The Morgan fingerprint density at radius 2 is 2.29 bits per heavy atom. The van der Waals surface area contributed by atoms with Crippen LogP contribution in [0.4, 0.5) is 0 Å². The van der Waals surface area contributed by atoms with E-state index >= 15 is 0 Å². The highest BCUT2D eigenvalue weighted by molar-refractivity contribution is 6.30. The van der Waals surface area contributed by atoms with E-state index in [1.165, 1.54) is 18.5 Å². The van der Waals surface area contributed by atoms with Crippen molar-refractivity contribution in [3.8, 4) is 0 Å². The summed E-state index contributed by atoms with van der Waals surface area (Å²) in [4.78, 5) is 2.49. The lowest BCUT2D eigenvalue weighted by atomic mass is 10.2. The third-order valence-electron chi connectivity index (χ3n) is 3.14. The Hall–Kier alpha value is -0.570. The Bertz CT molecular complexity index is 365. The molecule has 1 aliphatic rings.